The molecule has 1 saturated heterocycles. The van der Waals surface area contributed by atoms with Crippen LogP contribution in [0.15, 0.2) is 60.8 Å². The topological polar surface area (TPSA) is 93.2 Å². The van der Waals surface area contributed by atoms with Crippen molar-refractivity contribution in [3.05, 3.63) is 77.5 Å². The van der Waals surface area contributed by atoms with Gasteiger partial charge in [0.15, 0.2) is 11.5 Å². The van der Waals surface area contributed by atoms with Crippen LogP contribution in [0.2, 0.25) is 0 Å². The fraction of sp³-hybridized carbons (Fsp3) is 0.357. The summed E-state index contributed by atoms with van der Waals surface area (Å²) in [5.41, 5.74) is 2.37. The van der Waals surface area contributed by atoms with E-state index < -0.39 is 5.41 Å². The molecule has 2 aromatic carbocycles. The molecule has 2 aliphatic heterocycles. The number of nitrogens with one attached hydrogen (secondary N) is 1. The van der Waals surface area contributed by atoms with Crippen molar-refractivity contribution in [1.82, 2.24) is 9.88 Å². The van der Waals surface area contributed by atoms with Gasteiger partial charge in [-0.2, -0.15) is 0 Å². The average molecular weight is 488 g/mol. The molecule has 3 heterocycles. The Kier molecular flexibility index (Phi) is 5.78. The van der Waals surface area contributed by atoms with Crippen molar-refractivity contribution in [2.24, 2.45) is 0 Å². The van der Waals surface area contributed by atoms with Crippen molar-refractivity contribution in [2.45, 2.75) is 36.8 Å². The number of fused-ring (bicyclic) bond motifs is 1. The normalized spacial score (nSPS) is 20.7. The minimum absolute atomic E-state index is 0.0643. The van der Waals surface area contributed by atoms with Crippen LogP contribution in [0.3, 0.4) is 0 Å². The first-order valence-corrected chi connectivity index (χ1v) is 12.3. The summed E-state index contributed by atoms with van der Waals surface area (Å²) in [6.07, 6.45) is 3.75. The van der Waals surface area contributed by atoms with E-state index in [1.54, 1.807) is 13.3 Å². The highest BCUT2D eigenvalue weighted by molar-refractivity contribution is 6.01. The molecular weight excluding hydrogens is 458 g/mol. The van der Waals surface area contributed by atoms with E-state index in [1.165, 1.54) is 0 Å². The maximum Gasteiger partial charge on any atom is 0.236 e. The number of para-hydroxylation sites is 1. The Morgan fingerprint density at radius 1 is 1.17 bits per heavy atom. The third kappa shape index (κ3) is 4.06. The number of nitrogens with zero attached hydrogens (tertiary/aromatic N) is 2. The first-order chi connectivity index (χ1) is 17.6. The molecule has 0 radical (unpaired) electrons. The average Bonchev–Trinajstić information content (AvgIpc) is 3.40. The predicted octanol–water partition coefficient (Wildman–Crippen LogP) is 3.65. The van der Waals surface area contributed by atoms with E-state index in [1.807, 2.05) is 54.6 Å². The first kappa shape index (κ1) is 22.8. The number of likely N-dealkylation sites (tertiary alicyclic amines) is 1. The number of carbonyl (C=O) groups excluding carboxylic acids is 1. The van der Waals surface area contributed by atoms with E-state index in [0.29, 0.717) is 23.9 Å². The van der Waals surface area contributed by atoms with Crippen molar-refractivity contribution in [2.75, 3.05) is 32.3 Å². The van der Waals surface area contributed by atoms with Gasteiger partial charge in [0.25, 0.3) is 0 Å². The van der Waals surface area contributed by atoms with Gasteiger partial charge in [0.05, 0.1) is 24.7 Å². The molecule has 3 aliphatic rings. The second-order valence-corrected chi connectivity index (χ2v) is 9.66. The van der Waals surface area contributed by atoms with Gasteiger partial charge in [-0.25, -0.2) is 4.98 Å². The summed E-state index contributed by atoms with van der Waals surface area (Å²) in [5, 5.41) is 13.2. The zero-order chi connectivity index (χ0) is 24.7. The summed E-state index contributed by atoms with van der Waals surface area (Å²) in [7, 11) is 1.67. The van der Waals surface area contributed by atoms with Gasteiger partial charge in [-0.15, -0.1) is 0 Å². The van der Waals surface area contributed by atoms with Crippen molar-refractivity contribution < 1.29 is 24.1 Å². The molecule has 36 heavy (non-hydrogen) atoms. The summed E-state index contributed by atoms with van der Waals surface area (Å²) >= 11 is 0. The maximum atomic E-state index is 13.3. The Morgan fingerprint density at radius 3 is 2.72 bits per heavy atom. The van der Waals surface area contributed by atoms with Crippen molar-refractivity contribution in [3.63, 3.8) is 0 Å². The van der Waals surface area contributed by atoms with Crippen molar-refractivity contribution in [3.8, 4) is 17.2 Å². The van der Waals surface area contributed by atoms with Crippen LogP contribution in [0.5, 0.6) is 17.2 Å². The van der Waals surface area contributed by atoms with Gasteiger partial charge < -0.3 is 24.6 Å². The van der Waals surface area contributed by atoms with Gasteiger partial charge in [-0.3, -0.25) is 9.69 Å². The molecule has 0 bridgehead atoms. The number of aliphatic hydroxyl groups is 1. The van der Waals surface area contributed by atoms with Crippen LogP contribution in [-0.2, 0) is 10.2 Å². The molecule has 0 spiro atoms. The lowest BCUT2D eigenvalue weighted by atomic mass is 9.94. The zero-order valence-corrected chi connectivity index (χ0v) is 20.1. The van der Waals surface area contributed by atoms with Gasteiger partial charge in [0, 0.05) is 24.8 Å². The van der Waals surface area contributed by atoms with Gasteiger partial charge in [0.1, 0.15) is 11.6 Å². The molecule has 2 unspecified atom stereocenters. The minimum atomic E-state index is -0.563. The van der Waals surface area contributed by atoms with Crippen LogP contribution in [0.1, 0.15) is 42.0 Å². The van der Waals surface area contributed by atoms with E-state index in [9.17, 15) is 9.90 Å². The van der Waals surface area contributed by atoms with Crippen LogP contribution in [0.25, 0.3) is 0 Å². The van der Waals surface area contributed by atoms with Gasteiger partial charge in [0.2, 0.25) is 12.7 Å². The van der Waals surface area contributed by atoms with Crippen molar-refractivity contribution >= 4 is 11.7 Å². The molecule has 1 amide bonds. The highest BCUT2D eigenvalue weighted by atomic mass is 16.7. The lowest BCUT2D eigenvalue weighted by Crippen LogP contribution is -2.29. The molecule has 8 nitrogen and oxygen atoms in total. The Bertz CT molecular complexity index is 1270. The number of β-amino-alcohol motifs (C(OH)–C–C–N with tert-alkyl or cyclic N) is 1. The number of methoxy groups -OCH3 is 1. The number of amides is 1. The highest BCUT2D eigenvalue weighted by Gasteiger charge is 2.51. The van der Waals surface area contributed by atoms with Gasteiger partial charge >= 0.3 is 0 Å². The van der Waals surface area contributed by atoms with Crippen LogP contribution < -0.4 is 19.5 Å². The van der Waals surface area contributed by atoms with Gasteiger partial charge in [-0.1, -0.05) is 30.3 Å². The molecule has 3 aromatic rings. The molecule has 1 aromatic heterocycles. The number of hydrogen-bond donors (Lipinski definition) is 2. The largest absolute Gasteiger partial charge is 0.496 e. The Morgan fingerprint density at radius 2 is 2.00 bits per heavy atom. The lowest BCUT2D eigenvalue weighted by molar-refractivity contribution is -0.118. The second-order valence-electron chi connectivity index (χ2n) is 9.66. The molecule has 2 N–H and O–H groups in total. The summed E-state index contributed by atoms with van der Waals surface area (Å²) < 4.78 is 16.5. The number of benzene rings is 2. The Hall–Kier alpha value is -3.62. The van der Waals surface area contributed by atoms with Crippen LogP contribution in [-0.4, -0.2) is 54.0 Å². The molecule has 2 atom stereocenters. The number of carbonyl (C=O) groups is 1. The number of aromatic nitrogens is 1. The number of hydrogen-bond acceptors (Lipinski definition) is 7. The zero-order valence-electron chi connectivity index (χ0n) is 20.1. The number of aliphatic hydroxyl groups excluding tert-OH is 1. The first-order valence-electron chi connectivity index (χ1n) is 12.3. The quantitative estimate of drug-likeness (QED) is 0.526. The number of pyridine rings is 1. The van der Waals surface area contributed by atoms with E-state index in [4.69, 9.17) is 14.2 Å². The van der Waals surface area contributed by atoms with E-state index in [-0.39, 0.29) is 24.8 Å². The molecule has 6 rings (SSSR count). The van der Waals surface area contributed by atoms with Gasteiger partial charge in [-0.05, 0) is 54.7 Å². The summed E-state index contributed by atoms with van der Waals surface area (Å²) in [6, 6.07) is 17.4. The molecule has 1 saturated carbocycles. The smallest absolute Gasteiger partial charge is 0.236 e. The van der Waals surface area contributed by atoms with E-state index >= 15 is 0 Å². The maximum absolute atomic E-state index is 13.3. The SMILES string of the molecule is COc1ccccc1C(c1ccc(NC(=O)C2(c3ccc4c(c3)OCO4)CC2)nc1)N1CCC(O)C1. The standard InChI is InChI=1S/C28H29N3O5/c1-34-22-5-3-2-4-21(22)26(31-13-10-20(32)16-31)18-6-9-25(29-15-18)30-27(33)28(11-12-28)19-7-8-23-24(14-19)36-17-35-23/h2-9,14-15,20,26,32H,10-13,16-17H2,1H3,(H,29,30,33). The Labute approximate surface area is 209 Å². The number of rotatable bonds is 7. The molecule has 186 valence electrons. The van der Waals surface area contributed by atoms with Crippen LogP contribution in [0, 0.1) is 0 Å². The van der Waals surface area contributed by atoms with Crippen molar-refractivity contribution in [1.29, 1.82) is 0 Å². The van der Waals surface area contributed by atoms with Crippen LogP contribution >= 0.6 is 0 Å². The summed E-state index contributed by atoms with van der Waals surface area (Å²) in [4.78, 5) is 20.1. The summed E-state index contributed by atoms with van der Waals surface area (Å²) in [6.45, 7) is 1.57. The third-order valence-electron chi connectivity index (χ3n) is 7.45. The van der Waals surface area contributed by atoms with E-state index in [0.717, 1.165) is 48.2 Å². The number of anilines is 1. The molecule has 8 heteroatoms. The minimum Gasteiger partial charge on any atom is -0.496 e. The Balaban J connectivity index is 1.23. The molecular formula is C28H29N3O5. The number of ether oxygens (including phenoxy) is 3. The fourth-order valence-electron chi connectivity index (χ4n) is 5.33. The molecule has 2 fully saturated rings. The monoisotopic (exact) mass is 487 g/mol. The molecule has 1 aliphatic carbocycles. The fourth-order valence-corrected chi connectivity index (χ4v) is 5.33. The predicted molar refractivity (Wildman–Crippen MR) is 133 cm³/mol. The second kappa shape index (κ2) is 9.11. The third-order valence-corrected chi connectivity index (χ3v) is 7.45. The van der Waals surface area contributed by atoms with E-state index in [2.05, 4.69) is 15.2 Å². The highest BCUT2D eigenvalue weighted by Crippen LogP contribution is 2.51. The summed E-state index contributed by atoms with van der Waals surface area (Å²) in [5.74, 6) is 2.63. The lowest BCUT2D eigenvalue weighted by Gasteiger charge is -2.29. The van der Waals surface area contributed by atoms with Crippen LogP contribution in [0.4, 0.5) is 5.82 Å².